The first kappa shape index (κ1) is 24.8. The second-order valence-electron chi connectivity index (χ2n) is 7.50. The monoisotopic (exact) mass is 492 g/mol. The molecule has 0 saturated heterocycles. The summed E-state index contributed by atoms with van der Waals surface area (Å²) in [4.78, 5) is 30.6. The van der Waals surface area contributed by atoms with Gasteiger partial charge in [-0.15, -0.1) is 0 Å². The smallest absolute Gasteiger partial charge is 0.332 e. The summed E-state index contributed by atoms with van der Waals surface area (Å²) in [6, 6.07) is 7.37. The quantitative estimate of drug-likeness (QED) is 0.362. The molecule has 0 radical (unpaired) electrons. The molecule has 0 amide bonds. The van der Waals surface area contributed by atoms with Crippen LogP contribution in [0.1, 0.15) is 32.3 Å². The summed E-state index contributed by atoms with van der Waals surface area (Å²) in [6.07, 6.45) is 4.43. The average molecular weight is 493 g/mol. The molecule has 2 aromatic heterocycles. The third-order valence-corrected chi connectivity index (χ3v) is 5.73. The van der Waals surface area contributed by atoms with Crippen LogP contribution in [-0.2, 0) is 20.1 Å². The summed E-state index contributed by atoms with van der Waals surface area (Å²) in [7, 11) is 1.55. The second kappa shape index (κ2) is 10.9. The lowest BCUT2D eigenvalue weighted by Crippen LogP contribution is -2.39. The first-order valence-corrected chi connectivity index (χ1v) is 11.3. The minimum absolute atomic E-state index is 0.0967. The summed E-state index contributed by atoms with van der Waals surface area (Å²) >= 11 is 12.1. The van der Waals surface area contributed by atoms with E-state index >= 15 is 0 Å². The summed E-state index contributed by atoms with van der Waals surface area (Å²) < 4.78 is 10.0. The van der Waals surface area contributed by atoms with E-state index in [-0.39, 0.29) is 43.3 Å². The third kappa shape index (κ3) is 5.58. The predicted octanol–water partition coefficient (Wildman–Crippen LogP) is 3.80. The van der Waals surface area contributed by atoms with E-state index in [9.17, 15) is 14.7 Å². The number of benzene rings is 1. The Hall–Kier alpha value is -2.81. The minimum Gasteiger partial charge on any atom is -0.430 e. The molecule has 3 aromatic rings. The van der Waals surface area contributed by atoms with Crippen molar-refractivity contribution in [1.82, 2.24) is 18.7 Å². The molecular weight excluding hydrogens is 467 g/mol. The molecule has 8 nitrogen and oxygen atoms in total. The number of imidazole rings is 1. The minimum atomic E-state index is -0.506. The molecule has 0 aliphatic heterocycles. The van der Waals surface area contributed by atoms with E-state index < -0.39 is 11.2 Å². The van der Waals surface area contributed by atoms with Crippen molar-refractivity contribution in [2.45, 2.75) is 39.8 Å². The molecule has 0 saturated carbocycles. The molecule has 0 unspecified atom stereocenters. The van der Waals surface area contributed by atoms with Gasteiger partial charge in [-0.25, -0.2) is 4.79 Å². The van der Waals surface area contributed by atoms with Crippen molar-refractivity contribution >= 4 is 34.4 Å². The fourth-order valence-corrected chi connectivity index (χ4v) is 3.47. The number of halogens is 2. The number of hydrogen-bond donors (Lipinski definition) is 1. The van der Waals surface area contributed by atoms with Crippen molar-refractivity contribution in [3.8, 4) is 6.01 Å². The molecule has 2 heterocycles. The molecule has 176 valence electrons. The molecule has 1 N–H and O–H groups in total. The largest absolute Gasteiger partial charge is 0.430 e. The summed E-state index contributed by atoms with van der Waals surface area (Å²) in [5.74, 6) is 0.514. The normalized spacial score (nSPS) is 12.5. The number of fused-ring (bicyclic) bond motifs is 1. The van der Waals surface area contributed by atoms with Crippen molar-refractivity contribution in [3.63, 3.8) is 0 Å². The molecule has 33 heavy (non-hydrogen) atoms. The lowest BCUT2D eigenvalue weighted by atomic mass is 10.2. The van der Waals surface area contributed by atoms with Gasteiger partial charge in [0.2, 0.25) is 0 Å². The Balaban J connectivity index is 2.21. The fraction of sp³-hybridized carbons (Fsp3) is 0.348. The molecule has 0 spiro atoms. The molecule has 0 aliphatic carbocycles. The summed E-state index contributed by atoms with van der Waals surface area (Å²) in [6.45, 7) is 3.93. The molecular formula is C23H26Cl2N4O4. The number of aliphatic hydroxyl groups is 1. The predicted molar refractivity (Wildman–Crippen MR) is 130 cm³/mol. The maximum Gasteiger partial charge on any atom is 0.332 e. The third-order valence-electron chi connectivity index (χ3n) is 5.08. The Morgan fingerprint density at radius 3 is 2.52 bits per heavy atom. The number of hydrogen-bond acceptors (Lipinski definition) is 5. The van der Waals surface area contributed by atoms with Gasteiger partial charge in [-0.1, -0.05) is 42.3 Å². The zero-order valence-corrected chi connectivity index (χ0v) is 20.2. The number of ether oxygens (including phenoxy) is 1. The van der Waals surface area contributed by atoms with Crippen molar-refractivity contribution in [2.24, 2.45) is 7.05 Å². The lowest BCUT2D eigenvalue weighted by molar-refractivity contribution is 0.277. The first-order chi connectivity index (χ1) is 15.8. The molecule has 3 rings (SSSR count). The number of aromatic nitrogens is 4. The Morgan fingerprint density at radius 1 is 1.18 bits per heavy atom. The van der Waals surface area contributed by atoms with Gasteiger partial charge >= 0.3 is 11.7 Å². The van der Waals surface area contributed by atoms with Gasteiger partial charge in [-0.2, -0.15) is 4.98 Å². The molecule has 1 aromatic carbocycles. The van der Waals surface area contributed by atoms with E-state index in [4.69, 9.17) is 27.9 Å². The Labute approximate surface area is 201 Å². The highest BCUT2D eigenvalue weighted by molar-refractivity contribution is 6.30. The van der Waals surface area contributed by atoms with Gasteiger partial charge in [0.15, 0.2) is 11.2 Å². The highest BCUT2D eigenvalue weighted by Gasteiger charge is 2.21. The van der Waals surface area contributed by atoms with E-state index in [2.05, 4.69) is 4.98 Å². The molecule has 0 bridgehead atoms. The van der Waals surface area contributed by atoms with Gasteiger partial charge in [0, 0.05) is 30.3 Å². The fourth-order valence-electron chi connectivity index (χ4n) is 3.28. The van der Waals surface area contributed by atoms with Gasteiger partial charge in [-0.05, 0) is 49.6 Å². The van der Waals surface area contributed by atoms with E-state index in [1.165, 1.54) is 4.57 Å². The van der Waals surface area contributed by atoms with Crippen LogP contribution in [0.15, 0.2) is 56.8 Å². The number of aliphatic hydroxyl groups excluding tert-OH is 1. The van der Waals surface area contributed by atoms with Crippen molar-refractivity contribution < 1.29 is 9.84 Å². The lowest BCUT2D eigenvalue weighted by Gasteiger charge is -2.11. The highest BCUT2D eigenvalue weighted by Crippen LogP contribution is 2.22. The number of allylic oxidation sites excluding steroid dienone is 4. The van der Waals surface area contributed by atoms with Gasteiger partial charge in [0.25, 0.3) is 5.56 Å². The van der Waals surface area contributed by atoms with Gasteiger partial charge < -0.3 is 9.84 Å². The van der Waals surface area contributed by atoms with Gasteiger partial charge in [-0.3, -0.25) is 18.5 Å². The standard InChI is InChI=1S/C23H26Cl2N4O4/c1-4-17(24)9-6-15(2)33-22-26-20-19(29(22)14-16-7-10-18(25)11-8-16)21(31)28(12-5-13-30)23(32)27(20)3/h6-11,30H,4-5,12-14H2,1-3H3/b15-6+,17-9+. The number of rotatable bonds is 9. The Bertz CT molecular complexity index is 1320. The Kier molecular flexibility index (Phi) is 8.18. The van der Waals surface area contributed by atoms with Crippen LogP contribution < -0.4 is 16.0 Å². The van der Waals surface area contributed by atoms with E-state index in [1.807, 2.05) is 19.1 Å². The first-order valence-electron chi connectivity index (χ1n) is 10.5. The van der Waals surface area contributed by atoms with E-state index in [0.29, 0.717) is 22.2 Å². The van der Waals surface area contributed by atoms with Crippen LogP contribution in [0, 0.1) is 0 Å². The molecule has 0 aliphatic rings. The Morgan fingerprint density at radius 2 is 1.88 bits per heavy atom. The summed E-state index contributed by atoms with van der Waals surface area (Å²) in [5.41, 5.74) is 0.315. The maximum absolute atomic E-state index is 13.3. The van der Waals surface area contributed by atoms with Crippen LogP contribution in [0.2, 0.25) is 5.02 Å². The topological polar surface area (TPSA) is 91.3 Å². The van der Waals surface area contributed by atoms with Crippen molar-refractivity contribution in [2.75, 3.05) is 6.61 Å². The van der Waals surface area contributed by atoms with Crippen molar-refractivity contribution in [3.05, 3.63) is 78.6 Å². The zero-order chi connectivity index (χ0) is 24.1. The van der Waals surface area contributed by atoms with Crippen LogP contribution in [0.25, 0.3) is 11.2 Å². The highest BCUT2D eigenvalue weighted by atomic mass is 35.5. The van der Waals surface area contributed by atoms with Gasteiger partial charge in [0.05, 0.1) is 6.54 Å². The number of aryl methyl sites for hydroxylation is 1. The van der Waals surface area contributed by atoms with E-state index in [0.717, 1.165) is 10.1 Å². The molecule has 0 atom stereocenters. The van der Waals surface area contributed by atoms with Crippen LogP contribution in [0.3, 0.4) is 0 Å². The average Bonchev–Trinajstić information content (AvgIpc) is 3.15. The maximum atomic E-state index is 13.3. The van der Waals surface area contributed by atoms with Crippen LogP contribution >= 0.6 is 23.2 Å². The molecule has 0 fully saturated rings. The molecule has 10 heteroatoms. The zero-order valence-electron chi connectivity index (χ0n) is 18.7. The SMILES string of the molecule is CC/C(Cl)=C\C=C(/C)Oc1nc2c(c(=O)n(CCCO)c(=O)n2C)n1Cc1ccc(Cl)cc1. The van der Waals surface area contributed by atoms with Crippen LogP contribution in [0.4, 0.5) is 0 Å². The second-order valence-corrected chi connectivity index (χ2v) is 8.42. The van der Waals surface area contributed by atoms with Gasteiger partial charge in [0.1, 0.15) is 5.76 Å². The summed E-state index contributed by atoms with van der Waals surface area (Å²) in [5, 5.41) is 10.4. The van der Waals surface area contributed by atoms with Crippen LogP contribution in [-0.4, -0.2) is 30.4 Å². The van der Waals surface area contributed by atoms with Crippen LogP contribution in [0.5, 0.6) is 6.01 Å². The van der Waals surface area contributed by atoms with E-state index in [1.54, 1.807) is 42.8 Å². The van der Waals surface area contributed by atoms with Crippen molar-refractivity contribution in [1.29, 1.82) is 0 Å². The number of nitrogens with zero attached hydrogens (tertiary/aromatic N) is 4.